The first-order valence-corrected chi connectivity index (χ1v) is 9.79. The molecule has 0 spiro atoms. The van der Waals surface area contributed by atoms with Gasteiger partial charge >= 0.3 is 0 Å². The molecule has 0 N–H and O–H groups in total. The zero-order chi connectivity index (χ0) is 19.5. The summed E-state index contributed by atoms with van der Waals surface area (Å²) in [7, 11) is 1.64. The number of carbonyl (C=O) groups is 1. The van der Waals surface area contributed by atoms with Crippen molar-refractivity contribution in [1.82, 2.24) is 4.90 Å². The maximum atomic E-state index is 12.8. The summed E-state index contributed by atoms with van der Waals surface area (Å²) in [6.07, 6.45) is 3.09. The van der Waals surface area contributed by atoms with Gasteiger partial charge in [-0.25, -0.2) is 0 Å². The number of hydrogen-bond acceptors (Lipinski definition) is 3. The smallest absolute Gasteiger partial charge is 0.227 e. The molecule has 4 heteroatoms. The summed E-state index contributed by atoms with van der Waals surface area (Å²) in [6.45, 7) is 6.35. The summed E-state index contributed by atoms with van der Waals surface area (Å²) in [5.74, 6) is 1.64. The van der Waals surface area contributed by atoms with E-state index in [9.17, 15) is 4.79 Å². The second-order valence-electron chi connectivity index (χ2n) is 6.62. The van der Waals surface area contributed by atoms with E-state index < -0.39 is 0 Å². The fourth-order valence-electron chi connectivity index (χ4n) is 3.06. The van der Waals surface area contributed by atoms with Crippen molar-refractivity contribution in [3.8, 4) is 11.5 Å². The standard InChI is InChI=1S/C23H31NO3/c1-4-14-24(15-5-2)23(25)18-20-17-21(26-3)11-12-22(20)27-16-13-19-9-7-6-8-10-19/h6-12,17H,4-5,13-16,18H2,1-3H3. The Balaban J connectivity index is 2.07. The maximum Gasteiger partial charge on any atom is 0.227 e. The number of benzene rings is 2. The Bertz CT molecular complexity index is 694. The molecule has 0 radical (unpaired) electrons. The van der Waals surface area contributed by atoms with E-state index >= 15 is 0 Å². The topological polar surface area (TPSA) is 38.8 Å². The van der Waals surface area contributed by atoms with Gasteiger partial charge in [0.2, 0.25) is 5.91 Å². The van der Waals surface area contributed by atoms with Crippen LogP contribution in [0.3, 0.4) is 0 Å². The van der Waals surface area contributed by atoms with E-state index in [1.165, 1.54) is 5.56 Å². The third kappa shape index (κ3) is 6.63. The molecule has 0 aliphatic carbocycles. The first kappa shape index (κ1) is 20.8. The molecule has 2 aromatic rings. The average molecular weight is 370 g/mol. The van der Waals surface area contributed by atoms with Gasteiger partial charge in [0.25, 0.3) is 0 Å². The summed E-state index contributed by atoms with van der Waals surface area (Å²) < 4.78 is 11.4. The largest absolute Gasteiger partial charge is 0.497 e. The van der Waals surface area contributed by atoms with Gasteiger partial charge in [0.15, 0.2) is 0 Å². The van der Waals surface area contributed by atoms with Crippen molar-refractivity contribution >= 4 is 5.91 Å². The van der Waals surface area contributed by atoms with E-state index in [1.807, 2.05) is 41.3 Å². The third-order valence-corrected chi connectivity index (χ3v) is 4.44. The highest BCUT2D eigenvalue weighted by atomic mass is 16.5. The van der Waals surface area contributed by atoms with Gasteiger partial charge in [-0.2, -0.15) is 0 Å². The fourth-order valence-corrected chi connectivity index (χ4v) is 3.06. The molecule has 4 nitrogen and oxygen atoms in total. The normalized spacial score (nSPS) is 10.5. The van der Waals surface area contributed by atoms with Gasteiger partial charge in [-0.3, -0.25) is 4.79 Å². The predicted molar refractivity (Wildman–Crippen MR) is 110 cm³/mol. The highest BCUT2D eigenvalue weighted by Gasteiger charge is 2.16. The Kier molecular flexibility index (Phi) is 8.69. The van der Waals surface area contributed by atoms with Crippen LogP contribution in [0.4, 0.5) is 0 Å². The molecule has 0 saturated heterocycles. The molecule has 1 amide bonds. The summed E-state index contributed by atoms with van der Waals surface area (Å²) in [4.78, 5) is 14.7. The molecule has 0 saturated carbocycles. The first-order chi connectivity index (χ1) is 13.2. The molecule has 27 heavy (non-hydrogen) atoms. The minimum atomic E-state index is 0.139. The average Bonchev–Trinajstić information content (AvgIpc) is 2.69. The highest BCUT2D eigenvalue weighted by Crippen LogP contribution is 2.25. The number of carbonyl (C=O) groups excluding carboxylic acids is 1. The van der Waals surface area contributed by atoms with Gasteiger partial charge in [-0.15, -0.1) is 0 Å². The number of amides is 1. The molecule has 0 atom stereocenters. The minimum absolute atomic E-state index is 0.139. The Morgan fingerprint density at radius 3 is 2.33 bits per heavy atom. The van der Waals surface area contributed by atoms with Crippen molar-refractivity contribution in [2.75, 3.05) is 26.8 Å². The van der Waals surface area contributed by atoms with Crippen LogP contribution in [0, 0.1) is 0 Å². The minimum Gasteiger partial charge on any atom is -0.497 e. The Labute approximate surface area is 163 Å². The lowest BCUT2D eigenvalue weighted by Crippen LogP contribution is -2.33. The van der Waals surface area contributed by atoms with E-state index in [1.54, 1.807) is 7.11 Å². The van der Waals surface area contributed by atoms with Gasteiger partial charge in [0.1, 0.15) is 11.5 Å². The van der Waals surface area contributed by atoms with Crippen LogP contribution < -0.4 is 9.47 Å². The molecule has 2 rings (SSSR count). The SMILES string of the molecule is CCCN(CCC)C(=O)Cc1cc(OC)ccc1OCCc1ccccc1. The molecule has 2 aromatic carbocycles. The first-order valence-electron chi connectivity index (χ1n) is 9.79. The van der Waals surface area contributed by atoms with Crippen LogP contribution in [0.5, 0.6) is 11.5 Å². The van der Waals surface area contributed by atoms with Gasteiger partial charge in [0, 0.05) is 25.1 Å². The van der Waals surface area contributed by atoms with Gasteiger partial charge < -0.3 is 14.4 Å². The molecule has 0 heterocycles. The molecular weight excluding hydrogens is 338 g/mol. The quantitative estimate of drug-likeness (QED) is 0.585. The lowest BCUT2D eigenvalue weighted by molar-refractivity contribution is -0.130. The number of methoxy groups -OCH3 is 1. The second kappa shape index (κ2) is 11.3. The Morgan fingerprint density at radius 2 is 1.70 bits per heavy atom. The van der Waals surface area contributed by atoms with Crippen molar-refractivity contribution in [2.45, 2.75) is 39.5 Å². The van der Waals surface area contributed by atoms with Crippen LogP contribution >= 0.6 is 0 Å². The Hall–Kier alpha value is -2.49. The van der Waals surface area contributed by atoms with Crippen LogP contribution in [-0.2, 0) is 17.6 Å². The van der Waals surface area contributed by atoms with Crippen LogP contribution in [-0.4, -0.2) is 37.6 Å². The number of nitrogens with zero attached hydrogens (tertiary/aromatic N) is 1. The predicted octanol–water partition coefficient (Wildman–Crippen LogP) is 4.51. The zero-order valence-electron chi connectivity index (χ0n) is 16.7. The molecule has 0 bridgehead atoms. The lowest BCUT2D eigenvalue weighted by Gasteiger charge is -2.22. The van der Waals surface area contributed by atoms with Crippen LogP contribution in [0.1, 0.15) is 37.8 Å². The third-order valence-electron chi connectivity index (χ3n) is 4.44. The van der Waals surface area contributed by atoms with E-state index in [0.29, 0.717) is 13.0 Å². The van der Waals surface area contributed by atoms with E-state index in [2.05, 4.69) is 26.0 Å². The molecule has 146 valence electrons. The maximum absolute atomic E-state index is 12.8. The van der Waals surface area contributed by atoms with Crippen molar-refractivity contribution in [3.63, 3.8) is 0 Å². The molecule has 0 aliphatic rings. The van der Waals surface area contributed by atoms with Crippen LogP contribution in [0.15, 0.2) is 48.5 Å². The van der Waals surface area contributed by atoms with Gasteiger partial charge in [-0.05, 0) is 36.6 Å². The van der Waals surface area contributed by atoms with Gasteiger partial charge in [-0.1, -0.05) is 44.2 Å². The summed E-state index contributed by atoms with van der Waals surface area (Å²) in [5, 5.41) is 0. The van der Waals surface area contributed by atoms with E-state index in [-0.39, 0.29) is 5.91 Å². The lowest BCUT2D eigenvalue weighted by atomic mass is 10.1. The van der Waals surface area contributed by atoms with E-state index in [4.69, 9.17) is 9.47 Å². The molecule has 0 aliphatic heterocycles. The molecule has 0 unspecified atom stereocenters. The van der Waals surface area contributed by atoms with Crippen molar-refractivity contribution in [2.24, 2.45) is 0 Å². The number of hydrogen-bond donors (Lipinski definition) is 0. The van der Waals surface area contributed by atoms with Crippen LogP contribution in [0.2, 0.25) is 0 Å². The summed E-state index contributed by atoms with van der Waals surface area (Å²) in [5.41, 5.74) is 2.12. The number of rotatable bonds is 11. The van der Waals surface area contributed by atoms with E-state index in [0.717, 1.165) is 49.4 Å². The Morgan fingerprint density at radius 1 is 1.00 bits per heavy atom. The summed E-state index contributed by atoms with van der Waals surface area (Å²) >= 11 is 0. The van der Waals surface area contributed by atoms with Crippen molar-refractivity contribution in [3.05, 3.63) is 59.7 Å². The van der Waals surface area contributed by atoms with Crippen molar-refractivity contribution < 1.29 is 14.3 Å². The fraction of sp³-hybridized carbons (Fsp3) is 0.435. The monoisotopic (exact) mass is 369 g/mol. The van der Waals surface area contributed by atoms with Crippen LogP contribution in [0.25, 0.3) is 0 Å². The number of ether oxygens (including phenoxy) is 2. The van der Waals surface area contributed by atoms with Gasteiger partial charge in [0.05, 0.1) is 20.1 Å². The highest BCUT2D eigenvalue weighted by molar-refractivity contribution is 5.79. The molecule has 0 fully saturated rings. The molecular formula is C23H31NO3. The molecule has 0 aromatic heterocycles. The second-order valence-corrected chi connectivity index (χ2v) is 6.62. The van der Waals surface area contributed by atoms with Crippen molar-refractivity contribution in [1.29, 1.82) is 0 Å². The zero-order valence-corrected chi connectivity index (χ0v) is 16.7. The summed E-state index contributed by atoms with van der Waals surface area (Å²) in [6, 6.07) is 15.9.